The zero-order valence-corrected chi connectivity index (χ0v) is 14.6. The minimum Gasteiger partial charge on any atom is -0.293 e. The van der Waals surface area contributed by atoms with E-state index in [4.69, 9.17) is 16.6 Å². The normalized spacial score (nSPS) is 11.2. The number of nitrogens with zero attached hydrogens (tertiary/aromatic N) is 2. The standard InChI is InChI=1S/C20H16ClN3O/c1-12-5-3-7-15(9-12)19-13(2)23-24-18(25)11-17(22-20(19)24)14-6-4-8-16(21)10-14/h3-11,23H,1-2H3. The third-order valence-electron chi connectivity index (χ3n) is 4.22. The highest BCUT2D eigenvalue weighted by molar-refractivity contribution is 6.30. The van der Waals surface area contributed by atoms with E-state index in [-0.39, 0.29) is 5.56 Å². The van der Waals surface area contributed by atoms with Gasteiger partial charge in [0, 0.05) is 27.9 Å². The second kappa shape index (κ2) is 5.90. The van der Waals surface area contributed by atoms with Crippen molar-refractivity contribution in [1.82, 2.24) is 14.6 Å². The van der Waals surface area contributed by atoms with Gasteiger partial charge in [-0.05, 0) is 31.5 Å². The molecule has 0 spiro atoms. The van der Waals surface area contributed by atoms with E-state index < -0.39 is 0 Å². The van der Waals surface area contributed by atoms with Gasteiger partial charge in [-0.25, -0.2) is 9.50 Å². The molecule has 2 aromatic carbocycles. The average Bonchev–Trinajstić information content (AvgIpc) is 2.91. The first kappa shape index (κ1) is 15.7. The highest BCUT2D eigenvalue weighted by Gasteiger charge is 2.15. The van der Waals surface area contributed by atoms with Crippen molar-refractivity contribution in [2.45, 2.75) is 13.8 Å². The van der Waals surface area contributed by atoms with Crippen LogP contribution < -0.4 is 5.56 Å². The maximum atomic E-state index is 12.6. The first-order valence-electron chi connectivity index (χ1n) is 7.98. The Hall–Kier alpha value is -2.85. The summed E-state index contributed by atoms with van der Waals surface area (Å²) in [5, 5.41) is 3.73. The van der Waals surface area contributed by atoms with Gasteiger partial charge in [0.1, 0.15) is 0 Å². The van der Waals surface area contributed by atoms with Crippen LogP contribution in [0.2, 0.25) is 5.02 Å². The summed E-state index contributed by atoms with van der Waals surface area (Å²) in [6.45, 7) is 4.00. The van der Waals surface area contributed by atoms with Crippen molar-refractivity contribution < 1.29 is 0 Å². The number of H-pyrrole nitrogens is 1. The van der Waals surface area contributed by atoms with Gasteiger partial charge in [0.2, 0.25) is 0 Å². The van der Waals surface area contributed by atoms with Crippen LogP contribution in [-0.4, -0.2) is 14.6 Å². The molecule has 2 aromatic heterocycles. The highest BCUT2D eigenvalue weighted by atomic mass is 35.5. The van der Waals surface area contributed by atoms with Crippen LogP contribution in [0.25, 0.3) is 28.0 Å². The van der Waals surface area contributed by atoms with Crippen molar-refractivity contribution >= 4 is 17.2 Å². The van der Waals surface area contributed by atoms with Crippen LogP contribution >= 0.6 is 11.6 Å². The summed E-state index contributed by atoms with van der Waals surface area (Å²) in [5.74, 6) is 0. The number of aromatic nitrogens is 3. The van der Waals surface area contributed by atoms with Crippen LogP contribution in [0.5, 0.6) is 0 Å². The highest BCUT2D eigenvalue weighted by Crippen LogP contribution is 2.28. The fraction of sp³-hybridized carbons (Fsp3) is 0.100. The Labute approximate surface area is 149 Å². The number of hydrogen-bond acceptors (Lipinski definition) is 2. The van der Waals surface area contributed by atoms with Crippen LogP contribution in [0, 0.1) is 13.8 Å². The monoisotopic (exact) mass is 349 g/mol. The Kier molecular flexibility index (Phi) is 3.70. The predicted octanol–water partition coefficient (Wildman–Crippen LogP) is 4.63. The lowest BCUT2D eigenvalue weighted by Gasteiger charge is -2.05. The van der Waals surface area contributed by atoms with Crippen LogP contribution in [0.4, 0.5) is 0 Å². The van der Waals surface area contributed by atoms with Gasteiger partial charge in [0.15, 0.2) is 5.65 Å². The molecule has 0 saturated carbocycles. The molecule has 2 heterocycles. The summed E-state index contributed by atoms with van der Waals surface area (Å²) in [6.07, 6.45) is 0. The average molecular weight is 350 g/mol. The maximum Gasteiger partial charge on any atom is 0.273 e. The molecule has 0 aliphatic rings. The molecule has 4 nitrogen and oxygen atoms in total. The van der Waals surface area contributed by atoms with E-state index in [9.17, 15) is 4.79 Å². The van der Waals surface area contributed by atoms with Crippen LogP contribution in [0.3, 0.4) is 0 Å². The largest absolute Gasteiger partial charge is 0.293 e. The second-order valence-electron chi connectivity index (χ2n) is 6.13. The zero-order chi connectivity index (χ0) is 17.6. The fourth-order valence-corrected chi connectivity index (χ4v) is 3.28. The van der Waals surface area contributed by atoms with Gasteiger partial charge in [-0.2, -0.15) is 0 Å². The number of nitrogens with one attached hydrogen (secondary N) is 1. The Bertz CT molecular complexity index is 1160. The third kappa shape index (κ3) is 2.75. The molecule has 0 amide bonds. The van der Waals surface area contributed by atoms with Gasteiger partial charge >= 0.3 is 0 Å². The van der Waals surface area contributed by atoms with Crippen LogP contribution in [0.1, 0.15) is 11.3 Å². The Morgan fingerprint density at radius 2 is 1.76 bits per heavy atom. The van der Waals surface area contributed by atoms with E-state index in [0.717, 1.165) is 27.9 Å². The number of aryl methyl sites for hydroxylation is 2. The summed E-state index contributed by atoms with van der Waals surface area (Å²) in [7, 11) is 0. The molecule has 0 saturated heterocycles. The van der Waals surface area contributed by atoms with Crippen molar-refractivity contribution in [2.24, 2.45) is 0 Å². The molecular weight excluding hydrogens is 334 g/mol. The van der Waals surface area contributed by atoms with Crippen molar-refractivity contribution in [3.63, 3.8) is 0 Å². The molecule has 0 bridgehead atoms. The molecule has 25 heavy (non-hydrogen) atoms. The van der Waals surface area contributed by atoms with Crippen LogP contribution in [-0.2, 0) is 0 Å². The fourth-order valence-electron chi connectivity index (χ4n) is 3.09. The molecular formula is C20H16ClN3O. The smallest absolute Gasteiger partial charge is 0.273 e. The first-order valence-corrected chi connectivity index (χ1v) is 8.36. The SMILES string of the molecule is Cc1cccc(-c2c(C)[nH]n3c(=O)cc(-c4cccc(Cl)c4)nc23)c1. The van der Waals surface area contributed by atoms with Gasteiger partial charge in [-0.15, -0.1) is 0 Å². The molecule has 4 rings (SSSR count). The van der Waals surface area contributed by atoms with E-state index in [1.165, 1.54) is 10.6 Å². The van der Waals surface area contributed by atoms with E-state index >= 15 is 0 Å². The molecule has 0 radical (unpaired) electrons. The lowest BCUT2D eigenvalue weighted by Crippen LogP contribution is -2.14. The molecule has 0 aliphatic heterocycles. The van der Waals surface area contributed by atoms with Gasteiger partial charge in [0.05, 0.1) is 5.69 Å². The number of fused-ring (bicyclic) bond motifs is 1. The minimum absolute atomic E-state index is 0.151. The van der Waals surface area contributed by atoms with Crippen molar-refractivity contribution in [2.75, 3.05) is 0 Å². The quantitative estimate of drug-likeness (QED) is 0.573. The Balaban J connectivity index is 2.02. The van der Waals surface area contributed by atoms with Crippen molar-refractivity contribution in [1.29, 1.82) is 0 Å². The number of benzene rings is 2. The molecule has 124 valence electrons. The van der Waals surface area contributed by atoms with E-state index in [1.807, 2.05) is 50.2 Å². The molecule has 0 atom stereocenters. The lowest BCUT2D eigenvalue weighted by molar-refractivity contribution is 0.882. The van der Waals surface area contributed by atoms with Crippen molar-refractivity contribution in [3.8, 4) is 22.4 Å². The lowest BCUT2D eigenvalue weighted by atomic mass is 10.0. The van der Waals surface area contributed by atoms with Gasteiger partial charge in [0.25, 0.3) is 5.56 Å². The molecule has 5 heteroatoms. The number of hydrogen-bond donors (Lipinski definition) is 1. The number of rotatable bonds is 2. The summed E-state index contributed by atoms with van der Waals surface area (Å²) >= 11 is 6.08. The molecule has 4 aromatic rings. The molecule has 0 aliphatic carbocycles. The van der Waals surface area contributed by atoms with E-state index in [1.54, 1.807) is 6.07 Å². The molecule has 0 unspecified atom stereocenters. The van der Waals surface area contributed by atoms with Gasteiger partial charge in [-0.1, -0.05) is 53.6 Å². The zero-order valence-electron chi connectivity index (χ0n) is 13.9. The van der Waals surface area contributed by atoms with Crippen LogP contribution in [0.15, 0.2) is 59.4 Å². The third-order valence-corrected chi connectivity index (χ3v) is 4.46. The Morgan fingerprint density at radius 1 is 1.00 bits per heavy atom. The second-order valence-corrected chi connectivity index (χ2v) is 6.57. The number of aromatic amines is 1. The predicted molar refractivity (Wildman–Crippen MR) is 101 cm³/mol. The van der Waals surface area contributed by atoms with E-state index in [2.05, 4.69) is 11.2 Å². The first-order chi connectivity index (χ1) is 12.0. The van der Waals surface area contributed by atoms with Gasteiger partial charge in [-0.3, -0.25) is 9.89 Å². The maximum absolute atomic E-state index is 12.6. The minimum atomic E-state index is -0.151. The summed E-state index contributed by atoms with van der Waals surface area (Å²) in [6, 6.07) is 17.1. The van der Waals surface area contributed by atoms with Crippen molar-refractivity contribution in [3.05, 3.63) is 81.2 Å². The summed E-state index contributed by atoms with van der Waals surface area (Å²) in [4.78, 5) is 17.3. The molecule has 0 fully saturated rings. The summed E-state index contributed by atoms with van der Waals surface area (Å²) in [5.41, 5.74) is 5.92. The van der Waals surface area contributed by atoms with Gasteiger partial charge < -0.3 is 0 Å². The Morgan fingerprint density at radius 3 is 2.52 bits per heavy atom. The topological polar surface area (TPSA) is 50.2 Å². The molecule has 1 N–H and O–H groups in total. The summed E-state index contributed by atoms with van der Waals surface area (Å²) < 4.78 is 1.49. The number of halogens is 1. The van der Waals surface area contributed by atoms with E-state index in [0.29, 0.717) is 16.4 Å².